The molecule has 90 valence electrons. The fourth-order valence-corrected chi connectivity index (χ4v) is 1.49. The summed E-state index contributed by atoms with van der Waals surface area (Å²) in [5, 5.41) is 15.6. The minimum atomic E-state index is -0.605. The zero-order valence-corrected chi connectivity index (χ0v) is 10.5. The van der Waals surface area contributed by atoms with Gasteiger partial charge >= 0.3 is 0 Å². The molecule has 0 aliphatic rings. The van der Waals surface area contributed by atoms with Gasteiger partial charge in [0.05, 0.1) is 17.3 Å². The van der Waals surface area contributed by atoms with Crippen molar-refractivity contribution in [2.45, 2.75) is 26.8 Å². The smallest absolute Gasteiger partial charge is 0.256 e. The molecule has 1 aromatic rings. The van der Waals surface area contributed by atoms with Crippen LogP contribution < -0.4 is 5.32 Å². The third-order valence-corrected chi connectivity index (χ3v) is 2.18. The zero-order valence-electron chi connectivity index (χ0n) is 10.5. The van der Waals surface area contributed by atoms with Crippen LogP contribution in [0.4, 0.5) is 0 Å². The van der Waals surface area contributed by atoms with E-state index in [-0.39, 0.29) is 5.91 Å². The Balaban J connectivity index is 2.83. The predicted molar refractivity (Wildman–Crippen MR) is 64.2 cm³/mol. The second-order valence-electron chi connectivity index (χ2n) is 4.13. The van der Waals surface area contributed by atoms with Crippen molar-refractivity contribution in [2.24, 2.45) is 7.05 Å². The Hall–Kier alpha value is -2.09. The molecular formula is C12H16N4O. The molecule has 0 radical (unpaired) electrons. The number of aromatic nitrogens is 2. The van der Waals surface area contributed by atoms with Crippen molar-refractivity contribution in [3.8, 4) is 6.07 Å². The molecule has 0 aromatic carbocycles. The number of aryl methyl sites for hydroxylation is 2. The molecule has 1 heterocycles. The number of amides is 1. The average molecular weight is 232 g/mol. The summed E-state index contributed by atoms with van der Waals surface area (Å²) < 4.78 is 1.58. The van der Waals surface area contributed by atoms with Gasteiger partial charge in [-0.2, -0.15) is 10.4 Å². The van der Waals surface area contributed by atoms with Crippen molar-refractivity contribution in [1.82, 2.24) is 15.1 Å². The first-order valence-electron chi connectivity index (χ1n) is 5.29. The van der Waals surface area contributed by atoms with E-state index in [0.29, 0.717) is 11.3 Å². The SMILES string of the molecule is CC(C)=CC(C#N)NC(=O)c1cn(C)nc1C. The first-order valence-corrected chi connectivity index (χ1v) is 5.29. The highest BCUT2D eigenvalue weighted by molar-refractivity contribution is 5.95. The van der Waals surface area contributed by atoms with Crippen molar-refractivity contribution in [1.29, 1.82) is 5.26 Å². The second kappa shape index (κ2) is 5.30. The van der Waals surface area contributed by atoms with Gasteiger partial charge in [-0.05, 0) is 26.8 Å². The van der Waals surface area contributed by atoms with Crippen LogP contribution >= 0.6 is 0 Å². The molecule has 1 unspecified atom stereocenters. The van der Waals surface area contributed by atoms with Crippen LogP contribution in [0.15, 0.2) is 17.8 Å². The summed E-state index contributed by atoms with van der Waals surface area (Å²) in [6, 6.07) is 1.42. The van der Waals surface area contributed by atoms with Gasteiger partial charge in [0.2, 0.25) is 0 Å². The normalized spacial score (nSPS) is 11.5. The summed E-state index contributed by atoms with van der Waals surface area (Å²) in [5.41, 5.74) is 2.13. The van der Waals surface area contributed by atoms with Crippen molar-refractivity contribution in [3.63, 3.8) is 0 Å². The quantitative estimate of drug-likeness (QED) is 0.799. The molecule has 0 bridgehead atoms. The van der Waals surface area contributed by atoms with Crippen LogP contribution in [0.3, 0.4) is 0 Å². The molecule has 0 aliphatic heterocycles. The van der Waals surface area contributed by atoms with Crippen LogP contribution in [0, 0.1) is 18.3 Å². The zero-order chi connectivity index (χ0) is 13.0. The Bertz CT molecular complexity index is 489. The van der Waals surface area contributed by atoms with E-state index in [0.717, 1.165) is 5.57 Å². The van der Waals surface area contributed by atoms with Gasteiger partial charge < -0.3 is 5.32 Å². The van der Waals surface area contributed by atoms with Crippen LogP contribution in [0.1, 0.15) is 29.9 Å². The van der Waals surface area contributed by atoms with Crippen molar-refractivity contribution in [2.75, 3.05) is 0 Å². The summed E-state index contributed by atoms with van der Waals surface area (Å²) in [5.74, 6) is -0.278. The Morgan fingerprint density at radius 2 is 2.29 bits per heavy atom. The van der Waals surface area contributed by atoms with E-state index in [1.54, 1.807) is 30.9 Å². The van der Waals surface area contributed by atoms with E-state index in [1.807, 2.05) is 19.9 Å². The highest BCUT2D eigenvalue weighted by Gasteiger charge is 2.15. The lowest BCUT2D eigenvalue weighted by Gasteiger charge is -2.07. The molecule has 1 atom stereocenters. The number of allylic oxidation sites excluding steroid dienone is 1. The topological polar surface area (TPSA) is 70.7 Å². The summed E-state index contributed by atoms with van der Waals surface area (Å²) in [7, 11) is 1.75. The van der Waals surface area contributed by atoms with Gasteiger partial charge in [0.25, 0.3) is 5.91 Å². The number of nitriles is 1. The molecule has 0 spiro atoms. The second-order valence-corrected chi connectivity index (χ2v) is 4.13. The molecule has 0 saturated carbocycles. The van der Waals surface area contributed by atoms with Gasteiger partial charge in [-0.3, -0.25) is 9.48 Å². The maximum Gasteiger partial charge on any atom is 0.256 e. The van der Waals surface area contributed by atoms with Gasteiger partial charge in [0.1, 0.15) is 6.04 Å². The third-order valence-electron chi connectivity index (χ3n) is 2.18. The lowest BCUT2D eigenvalue weighted by molar-refractivity contribution is 0.0950. The molecule has 1 aromatic heterocycles. The molecule has 0 saturated heterocycles. The Labute approximate surface area is 101 Å². The average Bonchev–Trinajstić information content (AvgIpc) is 2.56. The minimum absolute atomic E-state index is 0.278. The molecule has 1 amide bonds. The van der Waals surface area contributed by atoms with Gasteiger partial charge in [-0.15, -0.1) is 0 Å². The van der Waals surface area contributed by atoms with E-state index in [2.05, 4.69) is 10.4 Å². The van der Waals surface area contributed by atoms with E-state index < -0.39 is 6.04 Å². The number of hydrogen-bond acceptors (Lipinski definition) is 3. The first-order chi connectivity index (χ1) is 7.93. The van der Waals surface area contributed by atoms with Crippen LogP contribution in [0.2, 0.25) is 0 Å². The van der Waals surface area contributed by atoms with E-state index >= 15 is 0 Å². The highest BCUT2D eigenvalue weighted by Crippen LogP contribution is 2.05. The lowest BCUT2D eigenvalue weighted by atomic mass is 10.2. The van der Waals surface area contributed by atoms with E-state index in [1.165, 1.54) is 0 Å². The molecule has 0 aliphatic carbocycles. The summed E-state index contributed by atoms with van der Waals surface area (Å²) in [4.78, 5) is 11.9. The molecule has 1 rings (SSSR count). The van der Waals surface area contributed by atoms with Crippen LogP contribution in [-0.4, -0.2) is 21.7 Å². The van der Waals surface area contributed by atoms with Crippen molar-refractivity contribution in [3.05, 3.63) is 29.1 Å². The van der Waals surface area contributed by atoms with Crippen LogP contribution in [0.5, 0.6) is 0 Å². The molecular weight excluding hydrogens is 216 g/mol. The maximum atomic E-state index is 11.9. The van der Waals surface area contributed by atoms with Crippen molar-refractivity contribution < 1.29 is 4.79 Å². The van der Waals surface area contributed by atoms with Crippen LogP contribution in [0.25, 0.3) is 0 Å². The summed E-state index contributed by atoms with van der Waals surface area (Å²) >= 11 is 0. The van der Waals surface area contributed by atoms with E-state index in [9.17, 15) is 4.79 Å². The standard InChI is InChI=1S/C12H16N4O/c1-8(2)5-10(6-13)14-12(17)11-7-16(4)15-9(11)3/h5,7,10H,1-4H3,(H,14,17). The molecule has 17 heavy (non-hydrogen) atoms. The largest absolute Gasteiger partial charge is 0.333 e. The van der Waals surface area contributed by atoms with Gasteiger partial charge in [-0.1, -0.05) is 5.57 Å². The predicted octanol–water partition coefficient (Wildman–Crippen LogP) is 1.32. The number of carbonyl (C=O) groups is 1. The molecule has 5 nitrogen and oxygen atoms in total. The van der Waals surface area contributed by atoms with Crippen LogP contribution in [-0.2, 0) is 7.05 Å². The van der Waals surface area contributed by atoms with Gasteiger partial charge in [0, 0.05) is 13.2 Å². The highest BCUT2D eigenvalue weighted by atomic mass is 16.1. The number of carbonyl (C=O) groups excluding carboxylic acids is 1. The first kappa shape index (κ1) is 13.0. The number of nitrogens with zero attached hydrogens (tertiary/aromatic N) is 3. The maximum absolute atomic E-state index is 11.9. The summed E-state index contributed by atoms with van der Waals surface area (Å²) in [6.07, 6.45) is 3.35. The fraction of sp³-hybridized carbons (Fsp3) is 0.417. The van der Waals surface area contributed by atoms with Crippen molar-refractivity contribution >= 4 is 5.91 Å². The van der Waals surface area contributed by atoms with Gasteiger partial charge in [-0.25, -0.2) is 0 Å². The van der Waals surface area contributed by atoms with E-state index in [4.69, 9.17) is 5.26 Å². The van der Waals surface area contributed by atoms with Gasteiger partial charge in [0.15, 0.2) is 0 Å². The Morgan fingerprint density at radius 1 is 1.65 bits per heavy atom. The molecule has 1 N–H and O–H groups in total. The Morgan fingerprint density at radius 3 is 2.71 bits per heavy atom. The lowest BCUT2D eigenvalue weighted by Crippen LogP contribution is -2.32. The number of rotatable bonds is 3. The molecule has 5 heteroatoms. The Kier molecular flexibility index (Phi) is 4.05. The summed E-state index contributed by atoms with van der Waals surface area (Å²) in [6.45, 7) is 5.52. The number of hydrogen-bond donors (Lipinski definition) is 1. The monoisotopic (exact) mass is 232 g/mol. The fourth-order valence-electron chi connectivity index (χ4n) is 1.49. The minimum Gasteiger partial charge on any atom is -0.333 e. The third kappa shape index (κ3) is 3.45. The molecule has 0 fully saturated rings. The number of nitrogens with one attached hydrogen (secondary N) is 1.